The van der Waals surface area contributed by atoms with Crippen LogP contribution in [0.3, 0.4) is 0 Å². The Labute approximate surface area is 221 Å². The molecule has 1 aromatic carbocycles. The number of hydrogen-bond acceptors (Lipinski definition) is 4. The molecule has 0 spiro atoms. The van der Waals surface area contributed by atoms with Crippen molar-refractivity contribution in [1.29, 1.82) is 0 Å². The molecule has 1 aliphatic rings. The first-order chi connectivity index (χ1) is 18.0. The molecule has 0 fully saturated rings. The van der Waals surface area contributed by atoms with Crippen LogP contribution in [0, 0.1) is 5.92 Å². The van der Waals surface area contributed by atoms with Crippen LogP contribution in [0.25, 0.3) is 11.4 Å². The molecule has 0 saturated heterocycles. The van der Waals surface area contributed by atoms with E-state index in [0.29, 0.717) is 23.9 Å². The number of nitrogens with zero attached hydrogens (tertiary/aromatic N) is 6. The van der Waals surface area contributed by atoms with Crippen LogP contribution in [0.2, 0.25) is 0 Å². The number of aromatic nitrogens is 3. The lowest BCUT2D eigenvalue weighted by Crippen LogP contribution is -2.31. The molecule has 2 aromatic heterocycles. The first-order valence-corrected chi connectivity index (χ1v) is 12.7. The van der Waals surface area contributed by atoms with Crippen molar-refractivity contribution >= 4 is 12.6 Å². The average Bonchev–Trinajstić information content (AvgIpc) is 3.29. The van der Waals surface area contributed by atoms with Gasteiger partial charge in [0, 0.05) is 43.7 Å². The van der Waals surface area contributed by atoms with Gasteiger partial charge in [0.1, 0.15) is 11.6 Å². The molecule has 4 rings (SSSR count). The van der Waals surface area contributed by atoms with Crippen molar-refractivity contribution in [2.45, 2.75) is 52.8 Å². The summed E-state index contributed by atoms with van der Waals surface area (Å²) >= 11 is 0. The van der Waals surface area contributed by atoms with Gasteiger partial charge in [0.05, 0.1) is 5.69 Å². The molecule has 3 aromatic rings. The molecule has 6 nitrogen and oxygen atoms in total. The molecular formula is C29H33F3N6. The van der Waals surface area contributed by atoms with Gasteiger partial charge < -0.3 is 9.47 Å². The smallest absolute Gasteiger partial charge is 0.352 e. The largest absolute Gasteiger partial charge is 0.434 e. The summed E-state index contributed by atoms with van der Waals surface area (Å²) in [6.45, 7) is 13.7. The Balaban J connectivity index is 1.63. The Kier molecular flexibility index (Phi) is 7.85. The molecule has 38 heavy (non-hydrogen) atoms. The van der Waals surface area contributed by atoms with Crippen molar-refractivity contribution in [1.82, 2.24) is 19.4 Å². The molecule has 1 atom stereocenters. The SMILES string of the molecule is C=N/C(=N\C1=C(C)C(C)CCN1Cc1ccc(-c2nc(C(F)(F)F)cn2C)cc1)c1cccnc1C(C)C. The molecule has 0 N–H and O–H groups in total. The first-order valence-electron chi connectivity index (χ1n) is 12.7. The molecule has 0 saturated carbocycles. The van der Waals surface area contributed by atoms with Crippen LogP contribution < -0.4 is 0 Å². The van der Waals surface area contributed by atoms with Crippen molar-refractivity contribution in [3.63, 3.8) is 0 Å². The van der Waals surface area contributed by atoms with Crippen LogP contribution in [-0.4, -0.2) is 38.5 Å². The van der Waals surface area contributed by atoms with Gasteiger partial charge in [-0.15, -0.1) is 0 Å². The minimum atomic E-state index is -4.48. The third kappa shape index (κ3) is 5.71. The van der Waals surface area contributed by atoms with Crippen LogP contribution in [0.5, 0.6) is 0 Å². The fourth-order valence-corrected chi connectivity index (χ4v) is 4.65. The zero-order valence-corrected chi connectivity index (χ0v) is 22.4. The van der Waals surface area contributed by atoms with Gasteiger partial charge in [0.25, 0.3) is 0 Å². The second-order valence-corrected chi connectivity index (χ2v) is 10.1. The van der Waals surface area contributed by atoms with Gasteiger partial charge in [-0.25, -0.2) is 15.0 Å². The number of allylic oxidation sites excluding steroid dienone is 1. The van der Waals surface area contributed by atoms with Gasteiger partial charge in [-0.2, -0.15) is 13.2 Å². The highest BCUT2D eigenvalue weighted by atomic mass is 19.4. The highest BCUT2D eigenvalue weighted by Crippen LogP contribution is 2.32. The number of benzene rings is 1. The number of rotatable bonds is 6. The van der Waals surface area contributed by atoms with Crippen LogP contribution in [-0.2, 0) is 19.8 Å². The summed E-state index contributed by atoms with van der Waals surface area (Å²) in [7, 11) is 1.57. The number of imidazole rings is 1. The molecular weight excluding hydrogens is 489 g/mol. The summed E-state index contributed by atoms with van der Waals surface area (Å²) in [6, 6.07) is 11.3. The Morgan fingerprint density at radius 1 is 1.18 bits per heavy atom. The molecule has 0 bridgehead atoms. The Bertz CT molecular complexity index is 1370. The summed E-state index contributed by atoms with van der Waals surface area (Å²) in [5, 5.41) is 0. The Morgan fingerprint density at radius 3 is 2.50 bits per heavy atom. The fraction of sp³-hybridized carbons (Fsp3) is 0.379. The van der Waals surface area contributed by atoms with Gasteiger partial charge >= 0.3 is 6.18 Å². The van der Waals surface area contributed by atoms with Crippen molar-refractivity contribution in [3.05, 3.63) is 82.7 Å². The van der Waals surface area contributed by atoms with E-state index in [-0.39, 0.29) is 11.7 Å². The highest BCUT2D eigenvalue weighted by Gasteiger charge is 2.34. The molecule has 1 unspecified atom stereocenters. The molecule has 0 amide bonds. The highest BCUT2D eigenvalue weighted by molar-refractivity contribution is 6.02. The summed E-state index contributed by atoms with van der Waals surface area (Å²) in [4.78, 5) is 19.9. The third-order valence-electron chi connectivity index (χ3n) is 6.96. The number of pyridine rings is 1. The van der Waals surface area contributed by atoms with E-state index in [1.165, 1.54) is 10.1 Å². The van der Waals surface area contributed by atoms with Crippen LogP contribution in [0.15, 0.2) is 70.2 Å². The number of hydrogen-bond donors (Lipinski definition) is 0. The predicted molar refractivity (Wildman–Crippen MR) is 145 cm³/mol. The molecule has 1 aliphatic heterocycles. The van der Waals surface area contributed by atoms with Crippen molar-refractivity contribution in [2.24, 2.45) is 23.0 Å². The minimum absolute atomic E-state index is 0.207. The van der Waals surface area contributed by atoms with E-state index in [2.05, 4.69) is 54.3 Å². The normalized spacial score (nSPS) is 16.9. The zero-order chi connectivity index (χ0) is 27.6. The van der Waals surface area contributed by atoms with E-state index in [0.717, 1.165) is 41.8 Å². The Morgan fingerprint density at radius 2 is 1.89 bits per heavy atom. The standard InChI is InChI=1S/C29H33F3N6/c1-18(2)25-23(8-7-14-34-25)26(33-5)36-27-20(4)19(3)13-15-38(27)16-21-9-11-22(12-10-21)28-35-24(17-37(28)6)29(30,31)32/h7-12,14,17-19H,5,13,15-16H2,1-4,6H3/b36-26-. The Hall–Kier alpha value is -3.75. The second kappa shape index (κ2) is 10.9. The lowest BCUT2D eigenvalue weighted by molar-refractivity contribution is -0.140. The fourth-order valence-electron chi connectivity index (χ4n) is 4.65. The maximum absolute atomic E-state index is 13.1. The number of alkyl halides is 3. The van der Waals surface area contributed by atoms with Gasteiger partial charge in [-0.1, -0.05) is 45.0 Å². The van der Waals surface area contributed by atoms with Gasteiger partial charge in [0.15, 0.2) is 11.5 Å². The van der Waals surface area contributed by atoms with E-state index in [1.54, 1.807) is 13.2 Å². The summed E-state index contributed by atoms with van der Waals surface area (Å²) in [6.07, 6.45) is -0.698. The second-order valence-electron chi connectivity index (χ2n) is 10.1. The summed E-state index contributed by atoms with van der Waals surface area (Å²) in [5.74, 6) is 2.27. The van der Waals surface area contributed by atoms with E-state index in [1.807, 2.05) is 36.4 Å². The number of amidine groups is 1. The van der Waals surface area contributed by atoms with Crippen molar-refractivity contribution in [2.75, 3.05) is 6.54 Å². The summed E-state index contributed by atoms with van der Waals surface area (Å²) < 4.78 is 40.7. The van der Waals surface area contributed by atoms with Gasteiger partial charge in [-0.05, 0) is 55.2 Å². The molecule has 200 valence electrons. The third-order valence-corrected chi connectivity index (χ3v) is 6.96. The molecule has 0 radical (unpaired) electrons. The quantitative estimate of drug-likeness (QED) is 0.263. The van der Waals surface area contributed by atoms with E-state index >= 15 is 0 Å². The molecule has 0 aliphatic carbocycles. The molecule has 9 heteroatoms. The maximum atomic E-state index is 13.1. The van der Waals surface area contributed by atoms with Crippen LogP contribution in [0.1, 0.15) is 62.5 Å². The van der Waals surface area contributed by atoms with Crippen LogP contribution in [0.4, 0.5) is 13.2 Å². The van der Waals surface area contributed by atoms with E-state index in [4.69, 9.17) is 4.99 Å². The van der Waals surface area contributed by atoms with Gasteiger partial charge in [-0.3, -0.25) is 4.98 Å². The number of aryl methyl sites for hydroxylation is 1. The van der Waals surface area contributed by atoms with Crippen LogP contribution >= 0.6 is 0 Å². The monoisotopic (exact) mass is 522 g/mol. The lowest BCUT2D eigenvalue weighted by Gasteiger charge is -2.34. The molecule has 3 heterocycles. The van der Waals surface area contributed by atoms with Crippen molar-refractivity contribution < 1.29 is 13.2 Å². The predicted octanol–water partition coefficient (Wildman–Crippen LogP) is 6.85. The maximum Gasteiger partial charge on any atom is 0.434 e. The van der Waals surface area contributed by atoms with E-state index < -0.39 is 11.9 Å². The zero-order valence-electron chi connectivity index (χ0n) is 22.4. The van der Waals surface area contributed by atoms with E-state index in [9.17, 15) is 13.2 Å². The van der Waals surface area contributed by atoms with Crippen molar-refractivity contribution in [3.8, 4) is 11.4 Å². The first kappa shape index (κ1) is 27.3. The topological polar surface area (TPSA) is 58.7 Å². The minimum Gasteiger partial charge on any atom is -0.352 e. The summed E-state index contributed by atoms with van der Waals surface area (Å²) in [5.41, 5.74) is 3.72. The average molecular weight is 523 g/mol. The van der Waals surface area contributed by atoms with Gasteiger partial charge in [0.2, 0.25) is 0 Å². The lowest BCUT2D eigenvalue weighted by atomic mass is 9.94. The number of aliphatic imine (C=N–C) groups is 2. The number of halogens is 3.